The Morgan fingerprint density at radius 3 is 2.41 bits per heavy atom. The van der Waals surface area contributed by atoms with Crippen LogP contribution in [0.5, 0.6) is 5.75 Å². The smallest absolute Gasteiger partial charge is 0.254 e. The SMILES string of the molecule is O=C(c1ccccc1COc1ccccc1)N1CCN(CCc2cccs2)CC1. The Morgan fingerprint density at radius 2 is 1.66 bits per heavy atom. The van der Waals surface area contributed by atoms with Crippen LogP contribution >= 0.6 is 11.3 Å². The third-order valence-corrected chi connectivity index (χ3v) is 6.24. The van der Waals surface area contributed by atoms with E-state index in [1.165, 1.54) is 4.88 Å². The molecule has 1 aliphatic rings. The molecular formula is C24H26N2O2S. The van der Waals surface area contributed by atoms with E-state index in [9.17, 15) is 4.79 Å². The number of amides is 1. The minimum absolute atomic E-state index is 0.107. The predicted molar refractivity (Wildman–Crippen MR) is 118 cm³/mol. The van der Waals surface area contributed by atoms with Crippen LogP contribution in [0.1, 0.15) is 20.8 Å². The maximum absolute atomic E-state index is 13.1. The lowest BCUT2D eigenvalue weighted by atomic mass is 10.1. The van der Waals surface area contributed by atoms with Crippen molar-refractivity contribution in [2.45, 2.75) is 13.0 Å². The lowest BCUT2D eigenvalue weighted by Gasteiger charge is -2.35. The molecule has 2 aromatic carbocycles. The molecule has 1 aliphatic heterocycles. The molecule has 3 aromatic rings. The van der Waals surface area contributed by atoms with Crippen molar-refractivity contribution < 1.29 is 9.53 Å². The summed E-state index contributed by atoms with van der Waals surface area (Å²) in [6.45, 7) is 4.87. The fourth-order valence-electron chi connectivity index (χ4n) is 3.60. The third-order valence-electron chi connectivity index (χ3n) is 5.30. The Labute approximate surface area is 176 Å². The van der Waals surface area contributed by atoms with Gasteiger partial charge in [-0.2, -0.15) is 0 Å². The molecule has 0 unspecified atom stereocenters. The molecule has 0 radical (unpaired) electrons. The molecule has 2 heterocycles. The molecular weight excluding hydrogens is 380 g/mol. The number of hydrogen-bond acceptors (Lipinski definition) is 4. The Balaban J connectivity index is 1.32. The number of para-hydroxylation sites is 1. The van der Waals surface area contributed by atoms with Gasteiger partial charge >= 0.3 is 0 Å². The van der Waals surface area contributed by atoms with Crippen molar-refractivity contribution in [2.24, 2.45) is 0 Å². The number of rotatable bonds is 7. The van der Waals surface area contributed by atoms with E-state index >= 15 is 0 Å². The van der Waals surface area contributed by atoms with Crippen molar-refractivity contribution in [1.82, 2.24) is 9.80 Å². The van der Waals surface area contributed by atoms with E-state index in [1.807, 2.05) is 70.8 Å². The topological polar surface area (TPSA) is 32.8 Å². The second-order valence-electron chi connectivity index (χ2n) is 7.22. The summed E-state index contributed by atoms with van der Waals surface area (Å²) in [5, 5.41) is 2.13. The molecule has 0 N–H and O–H groups in total. The van der Waals surface area contributed by atoms with Crippen molar-refractivity contribution in [3.8, 4) is 5.75 Å². The van der Waals surface area contributed by atoms with Gasteiger partial charge in [-0.05, 0) is 36.1 Å². The van der Waals surface area contributed by atoms with E-state index in [4.69, 9.17) is 4.74 Å². The first-order valence-electron chi connectivity index (χ1n) is 10.1. The number of hydrogen-bond donors (Lipinski definition) is 0. The van der Waals surface area contributed by atoms with Gasteiger partial charge in [0.15, 0.2) is 0 Å². The van der Waals surface area contributed by atoms with Gasteiger partial charge < -0.3 is 9.64 Å². The minimum Gasteiger partial charge on any atom is -0.489 e. The largest absolute Gasteiger partial charge is 0.489 e. The van der Waals surface area contributed by atoms with Crippen molar-refractivity contribution in [2.75, 3.05) is 32.7 Å². The summed E-state index contributed by atoms with van der Waals surface area (Å²) in [5.74, 6) is 0.921. The maximum atomic E-state index is 13.1. The fourth-order valence-corrected chi connectivity index (χ4v) is 4.30. The quantitative estimate of drug-likeness (QED) is 0.586. The number of carbonyl (C=O) groups excluding carboxylic acids is 1. The summed E-state index contributed by atoms with van der Waals surface area (Å²) < 4.78 is 5.88. The number of ether oxygens (including phenoxy) is 1. The lowest BCUT2D eigenvalue weighted by molar-refractivity contribution is 0.0636. The van der Waals surface area contributed by atoms with Crippen molar-refractivity contribution in [3.05, 3.63) is 88.1 Å². The van der Waals surface area contributed by atoms with Crippen molar-refractivity contribution in [3.63, 3.8) is 0 Å². The third kappa shape index (κ3) is 5.25. The Morgan fingerprint density at radius 1 is 0.897 bits per heavy atom. The molecule has 4 rings (SSSR count). The normalized spacial score (nSPS) is 14.7. The highest BCUT2D eigenvalue weighted by Crippen LogP contribution is 2.18. The van der Waals surface area contributed by atoms with E-state index in [2.05, 4.69) is 22.4 Å². The second-order valence-corrected chi connectivity index (χ2v) is 8.25. The number of nitrogens with zero attached hydrogens (tertiary/aromatic N) is 2. The van der Waals surface area contributed by atoms with Crippen LogP contribution in [0.4, 0.5) is 0 Å². The van der Waals surface area contributed by atoms with Gasteiger partial charge in [0.1, 0.15) is 12.4 Å². The van der Waals surface area contributed by atoms with Crippen molar-refractivity contribution >= 4 is 17.2 Å². The van der Waals surface area contributed by atoms with E-state index < -0.39 is 0 Å². The fraction of sp³-hybridized carbons (Fsp3) is 0.292. The van der Waals surface area contributed by atoms with Crippen LogP contribution < -0.4 is 4.74 Å². The summed E-state index contributed by atoms with van der Waals surface area (Å²) in [6, 6.07) is 21.8. The van der Waals surface area contributed by atoms with Gasteiger partial charge in [0.2, 0.25) is 0 Å². The highest BCUT2D eigenvalue weighted by Gasteiger charge is 2.23. The van der Waals surface area contributed by atoms with Crippen LogP contribution in [0.25, 0.3) is 0 Å². The molecule has 1 saturated heterocycles. The first-order chi connectivity index (χ1) is 14.3. The van der Waals surface area contributed by atoms with Gasteiger partial charge in [-0.1, -0.05) is 42.5 Å². The predicted octanol–water partition coefficient (Wildman–Crippen LogP) is 4.33. The number of thiophene rings is 1. The van der Waals surface area contributed by atoms with E-state index in [1.54, 1.807) is 0 Å². The molecule has 1 aromatic heterocycles. The van der Waals surface area contributed by atoms with Gasteiger partial charge in [-0.3, -0.25) is 9.69 Å². The van der Waals surface area contributed by atoms with Gasteiger partial charge in [-0.15, -0.1) is 11.3 Å². The molecule has 29 heavy (non-hydrogen) atoms. The van der Waals surface area contributed by atoms with Crippen LogP contribution in [0, 0.1) is 0 Å². The van der Waals surface area contributed by atoms with Gasteiger partial charge in [-0.25, -0.2) is 0 Å². The molecule has 150 valence electrons. The summed E-state index contributed by atoms with van der Waals surface area (Å²) in [5.41, 5.74) is 1.68. The Bertz CT molecular complexity index is 904. The molecule has 0 spiro atoms. The summed E-state index contributed by atoms with van der Waals surface area (Å²) in [4.78, 5) is 19.0. The molecule has 4 nitrogen and oxygen atoms in total. The molecule has 1 fully saturated rings. The van der Waals surface area contributed by atoms with Crippen LogP contribution in [0.3, 0.4) is 0 Å². The zero-order valence-corrected chi connectivity index (χ0v) is 17.3. The van der Waals surface area contributed by atoms with Crippen LogP contribution in [0.2, 0.25) is 0 Å². The van der Waals surface area contributed by atoms with Crippen molar-refractivity contribution in [1.29, 1.82) is 0 Å². The van der Waals surface area contributed by atoms with E-state index in [0.717, 1.165) is 56.0 Å². The standard InChI is InChI=1S/C24H26N2O2S/c27-24(26-16-14-25(15-17-26)13-12-22-10-6-18-29-22)23-11-5-4-7-20(23)19-28-21-8-2-1-3-9-21/h1-11,18H,12-17,19H2. The monoisotopic (exact) mass is 406 g/mol. The summed E-state index contributed by atoms with van der Waals surface area (Å²) in [6.07, 6.45) is 1.09. The maximum Gasteiger partial charge on any atom is 0.254 e. The number of piperazine rings is 1. The summed E-state index contributed by atoms with van der Waals surface area (Å²) in [7, 11) is 0. The highest BCUT2D eigenvalue weighted by atomic mass is 32.1. The summed E-state index contributed by atoms with van der Waals surface area (Å²) >= 11 is 1.82. The Hall–Kier alpha value is -2.63. The van der Waals surface area contributed by atoms with Crippen LogP contribution in [0.15, 0.2) is 72.1 Å². The molecule has 1 amide bonds. The van der Waals surface area contributed by atoms with Gasteiger partial charge in [0, 0.05) is 48.7 Å². The average molecular weight is 407 g/mol. The number of carbonyl (C=O) groups is 1. The molecule has 5 heteroatoms. The van der Waals surface area contributed by atoms with Gasteiger partial charge in [0.25, 0.3) is 5.91 Å². The number of benzene rings is 2. The zero-order valence-electron chi connectivity index (χ0n) is 16.5. The Kier molecular flexibility index (Phi) is 6.60. The highest BCUT2D eigenvalue weighted by molar-refractivity contribution is 7.09. The lowest BCUT2D eigenvalue weighted by Crippen LogP contribution is -2.49. The molecule has 0 saturated carbocycles. The molecule has 0 atom stereocenters. The molecule has 0 aliphatic carbocycles. The first-order valence-corrected chi connectivity index (χ1v) is 11.0. The average Bonchev–Trinajstić information content (AvgIpc) is 3.31. The minimum atomic E-state index is 0.107. The first kappa shape index (κ1) is 19.7. The van der Waals surface area contributed by atoms with Gasteiger partial charge in [0.05, 0.1) is 0 Å². The zero-order chi connectivity index (χ0) is 19.9. The van der Waals surface area contributed by atoms with Crippen LogP contribution in [-0.2, 0) is 13.0 Å². The second kappa shape index (κ2) is 9.72. The van der Waals surface area contributed by atoms with Crippen LogP contribution in [-0.4, -0.2) is 48.4 Å². The van der Waals surface area contributed by atoms with E-state index in [-0.39, 0.29) is 5.91 Å². The molecule has 0 bridgehead atoms. The van der Waals surface area contributed by atoms with E-state index in [0.29, 0.717) is 6.61 Å².